The number of nitrogens with zero attached hydrogens (tertiary/aromatic N) is 1. The van der Waals surface area contributed by atoms with E-state index < -0.39 is 5.97 Å². The van der Waals surface area contributed by atoms with Gasteiger partial charge in [0.2, 0.25) is 0 Å². The second-order valence-electron chi connectivity index (χ2n) is 4.67. The van der Waals surface area contributed by atoms with E-state index in [0.29, 0.717) is 23.6 Å². The van der Waals surface area contributed by atoms with Gasteiger partial charge in [-0.3, -0.25) is 0 Å². The fourth-order valence-electron chi connectivity index (χ4n) is 1.93. The molecular formula is C16H19N3O2. The minimum Gasteiger partial charge on any atom is -0.465 e. The van der Waals surface area contributed by atoms with Gasteiger partial charge in [0.25, 0.3) is 0 Å². The third-order valence-electron chi connectivity index (χ3n) is 3.24. The number of carbonyl (C=O) groups is 1. The van der Waals surface area contributed by atoms with Crippen molar-refractivity contribution in [3.05, 3.63) is 53.2 Å². The predicted octanol–water partition coefficient (Wildman–Crippen LogP) is 2.62. The lowest BCUT2D eigenvalue weighted by Gasteiger charge is -2.09. The van der Waals surface area contributed by atoms with Gasteiger partial charge in [-0.2, -0.15) is 0 Å². The van der Waals surface area contributed by atoms with Gasteiger partial charge >= 0.3 is 5.97 Å². The number of nitrogens with one attached hydrogen (secondary N) is 1. The molecule has 3 N–H and O–H groups in total. The van der Waals surface area contributed by atoms with Gasteiger partial charge in [-0.25, -0.2) is 9.78 Å². The summed E-state index contributed by atoms with van der Waals surface area (Å²) in [5.41, 5.74) is 8.78. The molecule has 5 nitrogen and oxygen atoms in total. The molecule has 1 heterocycles. The summed E-state index contributed by atoms with van der Waals surface area (Å²) in [6.07, 6.45) is 2.48. The minimum atomic E-state index is -0.467. The first-order chi connectivity index (χ1) is 10.1. The zero-order chi connectivity index (χ0) is 15.2. The van der Waals surface area contributed by atoms with E-state index in [9.17, 15) is 4.79 Å². The maximum absolute atomic E-state index is 11.6. The maximum Gasteiger partial charge on any atom is 0.340 e. The number of rotatable bonds is 5. The number of hydrogen-bond acceptors (Lipinski definition) is 5. The van der Waals surface area contributed by atoms with Gasteiger partial charge in [-0.05, 0) is 23.6 Å². The molecule has 2 rings (SSSR count). The van der Waals surface area contributed by atoms with Gasteiger partial charge < -0.3 is 15.8 Å². The van der Waals surface area contributed by atoms with Crippen molar-refractivity contribution < 1.29 is 9.53 Å². The minimum absolute atomic E-state index is 0.305. The first kappa shape index (κ1) is 14.8. The van der Waals surface area contributed by atoms with Crippen LogP contribution in [-0.2, 0) is 17.7 Å². The molecule has 0 amide bonds. The molecule has 1 aromatic carbocycles. The Hall–Kier alpha value is -2.56. The summed E-state index contributed by atoms with van der Waals surface area (Å²) >= 11 is 0. The molecule has 0 radical (unpaired) electrons. The first-order valence-corrected chi connectivity index (χ1v) is 6.79. The number of benzene rings is 1. The van der Waals surface area contributed by atoms with Crippen LogP contribution in [0.2, 0.25) is 0 Å². The molecule has 0 unspecified atom stereocenters. The van der Waals surface area contributed by atoms with E-state index in [1.165, 1.54) is 18.9 Å². The quantitative estimate of drug-likeness (QED) is 0.826. The van der Waals surface area contributed by atoms with Crippen molar-refractivity contribution in [1.82, 2.24) is 4.98 Å². The molecule has 1 aromatic heterocycles. The SMILES string of the molecule is CCc1ccc(CNc2cc(C(=O)OC)c(N)cn2)cc1. The molecule has 5 heteroatoms. The number of esters is 1. The van der Waals surface area contributed by atoms with E-state index in [-0.39, 0.29) is 0 Å². The van der Waals surface area contributed by atoms with Crippen LogP contribution in [0.15, 0.2) is 36.5 Å². The second-order valence-corrected chi connectivity index (χ2v) is 4.67. The summed E-state index contributed by atoms with van der Waals surface area (Å²) < 4.78 is 4.69. The van der Waals surface area contributed by atoms with Crippen LogP contribution in [0.3, 0.4) is 0 Å². The maximum atomic E-state index is 11.6. The van der Waals surface area contributed by atoms with Crippen molar-refractivity contribution in [3.63, 3.8) is 0 Å². The third-order valence-corrected chi connectivity index (χ3v) is 3.24. The highest BCUT2D eigenvalue weighted by atomic mass is 16.5. The zero-order valence-corrected chi connectivity index (χ0v) is 12.2. The summed E-state index contributed by atoms with van der Waals surface area (Å²) in [7, 11) is 1.32. The molecule has 2 aromatic rings. The van der Waals surface area contributed by atoms with E-state index in [1.54, 1.807) is 6.07 Å². The highest BCUT2D eigenvalue weighted by molar-refractivity contribution is 5.95. The van der Waals surface area contributed by atoms with Crippen LogP contribution in [0, 0.1) is 0 Å². The van der Waals surface area contributed by atoms with Crippen molar-refractivity contribution in [3.8, 4) is 0 Å². The Morgan fingerprint density at radius 1 is 1.29 bits per heavy atom. The predicted molar refractivity (Wildman–Crippen MR) is 83.1 cm³/mol. The molecule has 0 bridgehead atoms. The molecule has 0 saturated heterocycles. The molecule has 0 spiro atoms. The Bertz CT molecular complexity index is 624. The molecule has 0 aliphatic rings. The van der Waals surface area contributed by atoms with Crippen LogP contribution in [0.4, 0.5) is 11.5 Å². The fourth-order valence-corrected chi connectivity index (χ4v) is 1.93. The van der Waals surface area contributed by atoms with Gasteiger partial charge in [-0.15, -0.1) is 0 Å². The third kappa shape index (κ3) is 3.72. The van der Waals surface area contributed by atoms with Crippen molar-refractivity contribution in [1.29, 1.82) is 0 Å². The number of ether oxygens (including phenoxy) is 1. The summed E-state index contributed by atoms with van der Waals surface area (Å²) in [5, 5.41) is 3.17. The summed E-state index contributed by atoms with van der Waals surface area (Å²) in [5.74, 6) is 0.120. The zero-order valence-electron chi connectivity index (χ0n) is 12.2. The van der Waals surface area contributed by atoms with Crippen LogP contribution in [0.25, 0.3) is 0 Å². The van der Waals surface area contributed by atoms with E-state index in [1.807, 2.05) is 0 Å². The van der Waals surface area contributed by atoms with E-state index in [0.717, 1.165) is 12.0 Å². The van der Waals surface area contributed by atoms with Gasteiger partial charge in [0, 0.05) is 6.54 Å². The number of nitrogen functional groups attached to an aromatic ring is 1. The molecule has 110 valence electrons. The summed E-state index contributed by atoms with van der Waals surface area (Å²) in [4.78, 5) is 15.7. The lowest BCUT2D eigenvalue weighted by atomic mass is 10.1. The Morgan fingerprint density at radius 2 is 1.95 bits per heavy atom. The largest absolute Gasteiger partial charge is 0.465 e. The average molecular weight is 285 g/mol. The highest BCUT2D eigenvalue weighted by Crippen LogP contribution is 2.16. The number of carbonyl (C=O) groups excluding carboxylic acids is 1. The van der Waals surface area contributed by atoms with Crippen molar-refractivity contribution >= 4 is 17.5 Å². The second kappa shape index (κ2) is 6.74. The number of nitrogens with two attached hydrogens (primary N) is 1. The number of anilines is 2. The van der Waals surface area contributed by atoms with Crippen molar-refractivity contribution in [2.75, 3.05) is 18.2 Å². The number of aryl methyl sites for hydroxylation is 1. The first-order valence-electron chi connectivity index (χ1n) is 6.79. The topological polar surface area (TPSA) is 77.2 Å². The average Bonchev–Trinajstić information content (AvgIpc) is 2.53. The van der Waals surface area contributed by atoms with Crippen LogP contribution in [0.5, 0.6) is 0 Å². The van der Waals surface area contributed by atoms with Gasteiger partial charge in [0.15, 0.2) is 0 Å². The molecular weight excluding hydrogens is 266 g/mol. The molecule has 0 atom stereocenters. The summed E-state index contributed by atoms with van der Waals surface area (Å²) in [6, 6.07) is 9.96. The van der Waals surface area contributed by atoms with E-state index in [2.05, 4.69) is 46.2 Å². The lowest BCUT2D eigenvalue weighted by Crippen LogP contribution is -2.09. The Kier molecular flexibility index (Phi) is 4.77. The van der Waals surface area contributed by atoms with Crippen molar-refractivity contribution in [2.24, 2.45) is 0 Å². The fraction of sp³-hybridized carbons (Fsp3) is 0.250. The van der Waals surface area contributed by atoms with E-state index >= 15 is 0 Å². The number of hydrogen-bond donors (Lipinski definition) is 2. The Labute approximate surface area is 124 Å². The lowest BCUT2D eigenvalue weighted by molar-refractivity contribution is 0.0602. The standard InChI is InChI=1S/C16H19N3O2/c1-3-11-4-6-12(7-5-11)9-18-15-8-13(16(20)21-2)14(17)10-19-15/h4-8,10H,3,9,17H2,1-2H3,(H,18,19). The Morgan fingerprint density at radius 3 is 2.57 bits per heavy atom. The number of methoxy groups -OCH3 is 1. The van der Waals surface area contributed by atoms with Crippen LogP contribution >= 0.6 is 0 Å². The van der Waals surface area contributed by atoms with Crippen molar-refractivity contribution in [2.45, 2.75) is 19.9 Å². The smallest absolute Gasteiger partial charge is 0.340 e. The normalized spacial score (nSPS) is 10.2. The summed E-state index contributed by atoms with van der Waals surface area (Å²) in [6.45, 7) is 2.75. The van der Waals surface area contributed by atoms with Crippen LogP contribution < -0.4 is 11.1 Å². The molecule has 0 aliphatic heterocycles. The number of aromatic nitrogens is 1. The molecule has 0 aliphatic carbocycles. The molecule has 21 heavy (non-hydrogen) atoms. The van der Waals surface area contributed by atoms with Crippen LogP contribution in [-0.4, -0.2) is 18.1 Å². The van der Waals surface area contributed by atoms with Gasteiger partial charge in [0.1, 0.15) is 5.82 Å². The molecule has 0 saturated carbocycles. The molecule has 0 fully saturated rings. The Balaban J connectivity index is 2.07. The van der Waals surface area contributed by atoms with Crippen LogP contribution in [0.1, 0.15) is 28.4 Å². The highest BCUT2D eigenvalue weighted by Gasteiger charge is 2.11. The van der Waals surface area contributed by atoms with E-state index in [4.69, 9.17) is 5.73 Å². The monoisotopic (exact) mass is 285 g/mol. The van der Waals surface area contributed by atoms with Gasteiger partial charge in [0.05, 0.1) is 24.6 Å². The van der Waals surface area contributed by atoms with Gasteiger partial charge in [-0.1, -0.05) is 31.2 Å². The number of pyridine rings is 1.